The van der Waals surface area contributed by atoms with E-state index < -0.39 is 11.8 Å². The topological polar surface area (TPSA) is 142 Å². The predicted molar refractivity (Wildman–Crippen MR) is 116 cm³/mol. The van der Waals surface area contributed by atoms with Crippen molar-refractivity contribution in [2.24, 2.45) is 5.16 Å². The Balaban J connectivity index is 1.48. The van der Waals surface area contributed by atoms with Crippen molar-refractivity contribution in [3.63, 3.8) is 0 Å². The van der Waals surface area contributed by atoms with Gasteiger partial charge in [-0.15, -0.1) is 0 Å². The lowest BCUT2D eigenvalue weighted by Crippen LogP contribution is -2.25. The van der Waals surface area contributed by atoms with Gasteiger partial charge in [-0.25, -0.2) is 15.0 Å². The Morgan fingerprint density at radius 3 is 2.31 bits per heavy atom. The summed E-state index contributed by atoms with van der Waals surface area (Å²) < 4.78 is 5.20. The molecule has 3 aromatic rings. The zero-order chi connectivity index (χ0) is 22.5. The van der Waals surface area contributed by atoms with Crippen molar-refractivity contribution >= 4 is 46.6 Å². The Morgan fingerprint density at radius 2 is 1.69 bits per heavy atom. The van der Waals surface area contributed by atoms with Gasteiger partial charge in [0.15, 0.2) is 11.4 Å². The maximum atomic E-state index is 12.8. The second kappa shape index (κ2) is 9.27. The third-order valence-corrected chi connectivity index (χ3v) is 4.62. The van der Waals surface area contributed by atoms with Crippen LogP contribution in [0, 0.1) is 0 Å². The number of amidine groups is 1. The third kappa shape index (κ3) is 4.57. The Bertz CT molecular complexity index is 1170. The number of pyridine rings is 1. The molecule has 4 rings (SSSR count). The van der Waals surface area contributed by atoms with E-state index in [0.29, 0.717) is 23.9 Å². The van der Waals surface area contributed by atoms with Crippen LogP contribution in [0.15, 0.2) is 60.1 Å². The van der Waals surface area contributed by atoms with E-state index in [2.05, 4.69) is 30.7 Å². The van der Waals surface area contributed by atoms with Crippen LogP contribution in [0.5, 0.6) is 0 Å². The van der Waals surface area contributed by atoms with Crippen LogP contribution in [-0.4, -0.2) is 51.1 Å². The molecule has 11 nitrogen and oxygen atoms in total. The molecule has 1 aliphatic heterocycles. The first-order valence-electron chi connectivity index (χ1n) is 9.33. The van der Waals surface area contributed by atoms with Crippen LogP contribution in [0.3, 0.4) is 0 Å². The summed E-state index contributed by atoms with van der Waals surface area (Å²) in [5.41, 5.74) is 0.892. The molecular weight excluding hydrogens is 438 g/mol. The molecule has 2 aromatic heterocycles. The van der Waals surface area contributed by atoms with Crippen molar-refractivity contribution in [1.29, 1.82) is 0 Å². The van der Waals surface area contributed by atoms with E-state index in [1.165, 1.54) is 24.7 Å². The smallest absolute Gasteiger partial charge is 0.331 e. The first-order valence-corrected chi connectivity index (χ1v) is 9.70. The molecule has 1 aromatic carbocycles. The fourth-order valence-corrected chi connectivity index (χ4v) is 3.05. The summed E-state index contributed by atoms with van der Waals surface area (Å²) in [6.07, 6.45) is 4.02. The zero-order valence-corrected chi connectivity index (χ0v) is 17.2. The van der Waals surface area contributed by atoms with Crippen molar-refractivity contribution in [1.82, 2.24) is 15.0 Å². The minimum absolute atomic E-state index is 0.104. The van der Waals surface area contributed by atoms with Gasteiger partial charge in [-0.1, -0.05) is 11.6 Å². The first-order chi connectivity index (χ1) is 15.5. The van der Waals surface area contributed by atoms with Crippen LogP contribution in [-0.2, 0) is 4.74 Å². The van der Waals surface area contributed by atoms with Gasteiger partial charge in [0.2, 0.25) is 0 Å². The Morgan fingerprint density at radius 1 is 1.00 bits per heavy atom. The standard InChI is InChI=1S/C20H16ClN7O4/c21-12-1-6-15(24-11-12)26-19(30)17-16(22-7-8-23-17)18(29)25-13-2-4-14(5-3-13)28-9-10-32-20(28)27-31/h1-8,11,31H,9-10H2,(H,25,29)(H,24,26,30). The molecule has 0 saturated carbocycles. The summed E-state index contributed by atoms with van der Waals surface area (Å²) in [6.45, 7) is 0.937. The van der Waals surface area contributed by atoms with Crippen molar-refractivity contribution in [2.75, 3.05) is 28.7 Å². The highest BCUT2D eigenvalue weighted by atomic mass is 35.5. The number of hydrogen-bond acceptors (Lipinski definition) is 8. The lowest BCUT2D eigenvalue weighted by molar-refractivity contribution is 0.0982. The molecule has 0 unspecified atom stereocenters. The lowest BCUT2D eigenvalue weighted by Gasteiger charge is -2.15. The van der Waals surface area contributed by atoms with Crippen molar-refractivity contribution in [3.05, 3.63) is 71.4 Å². The van der Waals surface area contributed by atoms with E-state index in [4.69, 9.17) is 21.5 Å². The normalized spacial score (nSPS) is 14.2. The van der Waals surface area contributed by atoms with Crippen LogP contribution in [0.2, 0.25) is 5.02 Å². The van der Waals surface area contributed by atoms with Gasteiger partial charge in [-0.3, -0.25) is 14.5 Å². The number of hydrogen-bond donors (Lipinski definition) is 3. The Labute approximate surface area is 186 Å². The molecule has 12 heteroatoms. The highest BCUT2D eigenvalue weighted by molar-refractivity contribution is 6.30. The minimum Gasteiger partial charge on any atom is -0.461 e. The van der Waals surface area contributed by atoms with Gasteiger partial charge in [-0.05, 0) is 41.6 Å². The average molecular weight is 454 g/mol. The molecule has 2 amide bonds. The van der Waals surface area contributed by atoms with Crippen LogP contribution >= 0.6 is 11.6 Å². The lowest BCUT2D eigenvalue weighted by atomic mass is 10.2. The SMILES string of the molecule is O=C(Nc1ccc(N2CCOC2=NO)cc1)c1nccnc1C(=O)Nc1ccc(Cl)cn1. The molecule has 0 radical (unpaired) electrons. The number of benzene rings is 1. The van der Waals surface area contributed by atoms with Gasteiger partial charge >= 0.3 is 6.02 Å². The number of oxime groups is 1. The highest BCUT2D eigenvalue weighted by Crippen LogP contribution is 2.21. The summed E-state index contributed by atoms with van der Waals surface area (Å²) in [7, 11) is 0. The van der Waals surface area contributed by atoms with Crippen LogP contribution in [0.25, 0.3) is 0 Å². The molecule has 1 aliphatic rings. The highest BCUT2D eigenvalue weighted by Gasteiger charge is 2.23. The maximum absolute atomic E-state index is 12.8. The molecule has 3 heterocycles. The number of ether oxygens (including phenoxy) is 1. The largest absolute Gasteiger partial charge is 0.461 e. The van der Waals surface area contributed by atoms with Crippen molar-refractivity contribution in [2.45, 2.75) is 0 Å². The van der Waals surface area contributed by atoms with Gasteiger partial charge in [-0.2, -0.15) is 0 Å². The van der Waals surface area contributed by atoms with Gasteiger partial charge < -0.3 is 20.6 Å². The Hall–Kier alpha value is -4.25. The van der Waals surface area contributed by atoms with E-state index >= 15 is 0 Å². The summed E-state index contributed by atoms with van der Waals surface area (Å²) >= 11 is 5.79. The quantitative estimate of drug-likeness (QED) is 0.395. The predicted octanol–water partition coefficient (Wildman–Crippen LogP) is 2.61. The Kier molecular flexibility index (Phi) is 6.08. The molecular formula is C20H16ClN7O4. The fraction of sp³-hybridized carbons (Fsp3) is 0.100. The number of nitrogens with one attached hydrogen (secondary N) is 2. The van der Waals surface area contributed by atoms with E-state index in [1.807, 2.05) is 0 Å². The third-order valence-electron chi connectivity index (χ3n) is 4.40. The van der Waals surface area contributed by atoms with Crippen molar-refractivity contribution < 1.29 is 19.5 Å². The van der Waals surface area contributed by atoms with Gasteiger partial charge in [0.25, 0.3) is 11.8 Å². The molecule has 1 fully saturated rings. The molecule has 0 bridgehead atoms. The number of amides is 2. The fourth-order valence-electron chi connectivity index (χ4n) is 2.93. The summed E-state index contributed by atoms with van der Waals surface area (Å²) in [5, 5.41) is 17.7. The van der Waals surface area contributed by atoms with E-state index in [0.717, 1.165) is 5.69 Å². The number of nitrogens with zero attached hydrogens (tertiary/aromatic N) is 5. The molecule has 3 N–H and O–H groups in total. The number of halogens is 1. The summed E-state index contributed by atoms with van der Waals surface area (Å²) in [5.74, 6) is -0.996. The number of rotatable bonds is 5. The van der Waals surface area contributed by atoms with E-state index in [9.17, 15) is 9.59 Å². The van der Waals surface area contributed by atoms with Gasteiger partial charge in [0.1, 0.15) is 12.4 Å². The first kappa shape index (κ1) is 21.0. The summed E-state index contributed by atoms with van der Waals surface area (Å²) in [6, 6.07) is 9.98. The molecule has 1 saturated heterocycles. The average Bonchev–Trinajstić information content (AvgIpc) is 3.30. The molecule has 32 heavy (non-hydrogen) atoms. The number of carbonyl (C=O) groups excluding carboxylic acids is 2. The minimum atomic E-state index is -0.640. The van der Waals surface area contributed by atoms with Gasteiger partial charge in [0, 0.05) is 30.0 Å². The monoisotopic (exact) mass is 453 g/mol. The summed E-state index contributed by atoms with van der Waals surface area (Å²) in [4.78, 5) is 39.1. The molecule has 0 atom stereocenters. The molecule has 0 spiro atoms. The second-order valence-corrected chi connectivity index (χ2v) is 6.89. The number of carbonyl (C=O) groups is 2. The maximum Gasteiger partial charge on any atom is 0.331 e. The van der Waals surface area contributed by atoms with E-state index in [-0.39, 0.29) is 23.2 Å². The van der Waals surface area contributed by atoms with Crippen LogP contribution < -0.4 is 15.5 Å². The number of anilines is 3. The second-order valence-electron chi connectivity index (χ2n) is 6.45. The van der Waals surface area contributed by atoms with Gasteiger partial charge in [0.05, 0.1) is 11.6 Å². The van der Waals surface area contributed by atoms with Crippen molar-refractivity contribution in [3.8, 4) is 0 Å². The van der Waals surface area contributed by atoms with Crippen LogP contribution in [0.4, 0.5) is 17.2 Å². The zero-order valence-electron chi connectivity index (χ0n) is 16.4. The number of aromatic nitrogens is 3. The molecule has 162 valence electrons. The van der Waals surface area contributed by atoms with Crippen LogP contribution in [0.1, 0.15) is 21.0 Å². The molecule has 0 aliphatic carbocycles. The van der Waals surface area contributed by atoms with E-state index in [1.54, 1.807) is 35.2 Å².